The van der Waals surface area contributed by atoms with Crippen LogP contribution in [0.5, 0.6) is 5.75 Å². The Morgan fingerprint density at radius 1 is 0.824 bits per heavy atom. The Labute approximate surface area is 196 Å². The number of hydrogen-bond acceptors (Lipinski definition) is 5. The summed E-state index contributed by atoms with van der Waals surface area (Å²) >= 11 is 0. The van der Waals surface area contributed by atoms with Gasteiger partial charge < -0.3 is 14.7 Å². The van der Waals surface area contributed by atoms with E-state index in [1.54, 1.807) is 5.48 Å². The van der Waals surface area contributed by atoms with Crippen molar-refractivity contribution in [3.05, 3.63) is 66.7 Å². The number of unbranched alkanes of at least 4 members (excludes halogenated alkanes) is 2. The first-order chi connectivity index (χ1) is 16.7. The maximum Gasteiger partial charge on any atom is 0.243 e. The Kier molecular flexibility index (Phi) is 6.22. The normalized spacial score (nSPS) is 11.2. The van der Waals surface area contributed by atoms with Crippen LogP contribution >= 0.6 is 0 Å². The molecule has 5 aromatic rings. The van der Waals surface area contributed by atoms with Crippen molar-refractivity contribution in [1.82, 2.24) is 25.4 Å². The summed E-state index contributed by atoms with van der Waals surface area (Å²) in [7, 11) is 0. The minimum atomic E-state index is -0.357. The third-order valence-electron chi connectivity index (χ3n) is 5.69. The Bertz CT molecular complexity index is 1410. The van der Waals surface area contributed by atoms with Crippen molar-refractivity contribution in [1.29, 1.82) is 0 Å². The first-order valence-electron chi connectivity index (χ1n) is 11.3. The molecule has 5 rings (SSSR count). The first kappa shape index (κ1) is 21.7. The molecule has 0 aliphatic rings. The van der Waals surface area contributed by atoms with Crippen LogP contribution in [0, 0.1) is 0 Å². The van der Waals surface area contributed by atoms with Crippen molar-refractivity contribution in [2.75, 3.05) is 6.61 Å². The molecule has 1 amide bonds. The molecule has 172 valence electrons. The molecule has 0 atom stereocenters. The number of carbonyl (C=O) groups is 1. The molecular formula is C26H25N5O3. The van der Waals surface area contributed by atoms with Gasteiger partial charge in [-0.05, 0) is 61.7 Å². The molecule has 0 aliphatic carbocycles. The maximum absolute atomic E-state index is 11.0. The molecule has 4 N–H and O–H groups in total. The third-order valence-corrected chi connectivity index (χ3v) is 5.69. The van der Waals surface area contributed by atoms with Gasteiger partial charge in [0.25, 0.3) is 0 Å². The van der Waals surface area contributed by atoms with Crippen LogP contribution in [0.25, 0.3) is 44.8 Å². The zero-order valence-electron chi connectivity index (χ0n) is 18.5. The van der Waals surface area contributed by atoms with Crippen LogP contribution in [0.3, 0.4) is 0 Å². The van der Waals surface area contributed by atoms with E-state index in [2.05, 4.69) is 21.0 Å². The van der Waals surface area contributed by atoms with E-state index in [0.29, 0.717) is 19.4 Å². The fourth-order valence-corrected chi connectivity index (χ4v) is 3.93. The molecule has 8 nitrogen and oxygen atoms in total. The van der Waals surface area contributed by atoms with E-state index in [1.807, 2.05) is 60.7 Å². The lowest BCUT2D eigenvalue weighted by atomic mass is 10.2. The first-order valence-corrected chi connectivity index (χ1v) is 11.3. The monoisotopic (exact) mass is 455 g/mol. The van der Waals surface area contributed by atoms with E-state index in [4.69, 9.17) is 14.9 Å². The molecule has 2 aromatic heterocycles. The smallest absolute Gasteiger partial charge is 0.243 e. The molecule has 0 spiro atoms. The van der Waals surface area contributed by atoms with Crippen LogP contribution < -0.4 is 10.2 Å². The van der Waals surface area contributed by atoms with E-state index in [-0.39, 0.29) is 5.91 Å². The van der Waals surface area contributed by atoms with Gasteiger partial charge in [-0.3, -0.25) is 10.0 Å². The van der Waals surface area contributed by atoms with Crippen molar-refractivity contribution in [2.45, 2.75) is 25.7 Å². The summed E-state index contributed by atoms with van der Waals surface area (Å²) in [6.07, 6.45) is 2.71. The van der Waals surface area contributed by atoms with E-state index in [1.165, 1.54) is 0 Å². The van der Waals surface area contributed by atoms with Crippen molar-refractivity contribution < 1.29 is 14.7 Å². The number of nitrogens with one attached hydrogen (secondary N) is 3. The van der Waals surface area contributed by atoms with Gasteiger partial charge in [-0.15, -0.1) is 0 Å². The molecule has 2 heterocycles. The van der Waals surface area contributed by atoms with E-state index >= 15 is 0 Å². The number of rotatable bonds is 9. The number of amides is 1. The van der Waals surface area contributed by atoms with Gasteiger partial charge >= 0.3 is 0 Å². The van der Waals surface area contributed by atoms with Gasteiger partial charge in [-0.25, -0.2) is 15.4 Å². The van der Waals surface area contributed by atoms with Crippen LogP contribution in [0.1, 0.15) is 25.7 Å². The molecule has 0 bridgehead atoms. The number of hydrogen-bond donors (Lipinski definition) is 4. The topological polar surface area (TPSA) is 116 Å². The zero-order chi connectivity index (χ0) is 23.3. The lowest BCUT2D eigenvalue weighted by Gasteiger charge is -2.07. The number of H-pyrrole nitrogens is 2. The highest BCUT2D eigenvalue weighted by Crippen LogP contribution is 2.27. The van der Waals surface area contributed by atoms with Gasteiger partial charge in [-0.1, -0.05) is 24.3 Å². The minimum Gasteiger partial charge on any atom is -0.494 e. The number of benzene rings is 3. The zero-order valence-corrected chi connectivity index (χ0v) is 18.5. The van der Waals surface area contributed by atoms with Crippen LogP contribution in [-0.4, -0.2) is 37.7 Å². The third kappa shape index (κ3) is 4.77. The predicted molar refractivity (Wildman–Crippen MR) is 131 cm³/mol. The summed E-state index contributed by atoms with van der Waals surface area (Å²) in [5, 5.41) is 8.51. The summed E-state index contributed by atoms with van der Waals surface area (Å²) in [5.41, 5.74) is 7.35. The molecule has 0 unspecified atom stereocenters. The summed E-state index contributed by atoms with van der Waals surface area (Å²) in [6, 6.07) is 21.9. The number of aromatic amines is 2. The lowest BCUT2D eigenvalue weighted by molar-refractivity contribution is -0.129. The standard InChI is InChI=1S/C26H25N5O3/c32-24(31-33)11-2-1-5-14-34-19-8-6-7-17(15-19)25-29-22-13-12-18(16-23(22)30-25)26-27-20-9-3-4-10-21(20)28-26/h3-4,6-10,12-13,15-16,33H,1-2,5,11,14H2,(H,27,28)(H,29,30)(H,31,32). The number of imidazole rings is 2. The van der Waals surface area contributed by atoms with Crippen LogP contribution in [0.4, 0.5) is 0 Å². The average Bonchev–Trinajstić information content (AvgIpc) is 3.50. The van der Waals surface area contributed by atoms with Crippen molar-refractivity contribution in [3.8, 4) is 28.5 Å². The molecule has 8 heteroatoms. The quantitative estimate of drug-likeness (QED) is 0.138. The van der Waals surface area contributed by atoms with Crippen molar-refractivity contribution in [2.24, 2.45) is 0 Å². The molecule has 3 aromatic carbocycles. The summed E-state index contributed by atoms with van der Waals surface area (Å²) < 4.78 is 5.88. The summed E-state index contributed by atoms with van der Waals surface area (Å²) in [4.78, 5) is 27.2. The second-order valence-corrected chi connectivity index (χ2v) is 8.14. The molecule has 0 saturated heterocycles. The molecule has 34 heavy (non-hydrogen) atoms. The van der Waals surface area contributed by atoms with Gasteiger partial charge in [0.1, 0.15) is 17.4 Å². The fourth-order valence-electron chi connectivity index (χ4n) is 3.93. The fraction of sp³-hybridized carbons (Fsp3) is 0.192. The van der Waals surface area contributed by atoms with Gasteiger partial charge in [0, 0.05) is 17.5 Å². The molecule has 0 aliphatic heterocycles. The second kappa shape index (κ2) is 9.76. The van der Waals surface area contributed by atoms with Gasteiger partial charge in [0.2, 0.25) is 5.91 Å². The number of para-hydroxylation sites is 2. The highest BCUT2D eigenvalue weighted by Gasteiger charge is 2.10. The Balaban J connectivity index is 1.27. The average molecular weight is 456 g/mol. The molecule has 0 radical (unpaired) electrons. The largest absolute Gasteiger partial charge is 0.494 e. The van der Waals surface area contributed by atoms with Gasteiger partial charge in [0.05, 0.1) is 28.7 Å². The number of ether oxygens (including phenoxy) is 1. The summed E-state index contributed by atoms with van der Waals surface area (Å²) in [5.74, 6) is 2.02. The lowest BCUT2D eigenvalue weighted by Crippen LogP contribution is -2.17. The highest BCUT2D eigenvalue weighted by molar-refractivity contribution is 5.85. The van der Waals surface area contributed by atoms with Crippen molar-refractivity contribution in [3.63, 3.8) is 0 Å². The molecular weight excluding hydrogens is 430 g/mol. The number of aromatic nitrogens is 4. The minimum absolute atomic E-state index is 0.316. The predicted octanol–water partition coefficient (Wildman–Crippen LogP) is 5.22. The Morgan fingerprint density at radius 2 is 1.59 bits per heavy atom. The highest BCUT2D eigenvalue weighted by atomic mass is 16.5. The summed E-state index contributed by atoms with van der Waals surface area (Å²) in [6.45, 7) is 0.561. The Morgan fingerprint density at radius 3 is 2.41 bits per heavy atom. The molecule has 0 fully saturated rings. The number of hydroxylamine groups is 1. The Hall–Kier alpha value is -4.17. The van der Waals surface area contributed by atoms with E-state index < -0.39 is 0 Å². The maximum atomic E-state index is 11.0. The SMILES string of the molecule is O=C(CCCCCOc1cccc(-c2nc3ccc(-c4nc5ccccc5[nH]4)cc3[nH]2)c1)NO. The van der Waals surface area contributed by atoms with Gasteiger partial charge in [0.15, 0.2) is 0 Å². The number of fused-ring (bicyclic) bond motifs is 2. The van der Waals surface area contributed by atoms with E-state index in [9.17, 15) is 4.79 Å². The van der Waals surface area contributed by atoms with Crippen molar-refractivity contribution >= 4 is 28.0 Å². The van der Waals surface area contributed by atoms with Crippen LogP contribution in [-0.2, 0) is 4.79 Å². The second-order valence-electron chi connectivity index (χ2n) is 8.14. The van der Waals surface area contributed by atoms with E-state index in [0.717, 1.165) is 63.4 Å². The number of carbonyl (C=O) groups excluding carboxylic acids is 1. The van der Waals surface area contributed by atoms with Gasteiger partial charge in [-0.2, -0.15) is 0 Å². The molecule has 0 saturated carbocycles. The van der Waals surface area contributed by atoms with Crippen LogP contribution in [0.15, 0.2) is 66.7 Å². The van der Waals surface area contributed by atoms with Crippen LogP contribution in [0.2, 0.25) is 0 Å². The number of nitrogens with zero attached hydrogens (tertiary/aromatic N) is 2.